The van der Waals surface area contributed by atoms with Crippen LogP contribution in [-0.4, -0.2) is 12.1 Å². The lowest BCUT2D eigenvalue weighted by Gasteiger charge is -2.40. The first-order valence-corrected chi connectivity index (χ1v) is 8.48. The van der Waals surface area contributed by atoms with E-state index in [1.165, 1.54) is 57.8 Å². The standard InChI is InChI=1S/C17H30N2/c1-2-15(12-13-18)19-17-11-7-6-10-16(17)14-8-4-3-5-9-14/h14-17,19H,2-12H2,1H3. The van der Waals surface area contributed by atoms with E-state index in [1.54, 1.807) is 0 Å². The predicted molar refractivity (Wildman–Crippen MR) is 79.8 cm³/mol. The van der Waals surface area contributed by atoms with Gasteiger partial charge in [-0.25, -0.2) is 0 Å². The van der Waals surface area contributed by atoms with Crippen molar-refractivity contribution in [3.05, 3.63) is 0 Å². The zero-order valence-electron chi connectivity index (χ0n) is 12.5. The minimum absolute atomic E-state index is 0.416. The van der Waals surface area contributed by atoms with E-state index in [4.69, 9.17) is 5.26 Å². The summed E-state index contributed by atoms with van der Waals surface area (Å²) in [6, 6.07) is 3.45. The SMILES string of the molecule is CCC(CC#N)NC1CCCCC1C1CCCCC1. The van der Waals surface area contributed by atoms with Gasteiger partial charge in [-0.2, -0.15) is 5.26 Å². The van der Waals surface area contributed by atoms with Crippen molar-refractivity contribution in [1.29, 1.82) is 5.26 Å². The van der Waals surface area contributed by atoms with Gasteiger partial charge in [0.2, 0.25) is 0 Å². The molecule has 0 radical (unpaired) electrons. The molecular weight excluding hydrogens is 232 g/mol. The Kier molecular flexibility index (Phi) is 6.17. The molecule has 2 aliphatic carbocycles. The first-order valence-electron chi connectivity index (χ1n) is 8.48. The third-order valence-corrected chi connectivity index (χ3v) is 5.36. The minimum Gasteiger partial charge on any atom is -0.310 e. The number of nitrogens with one attached hydrogen (secondary N) is 1. The quantitative estimate of drug-likeness (QED) is 0.796. The number of hydrogen-bond donors (Lipinski definition) is 1. The second kappa shape index (κ2) is 7.90. The Hall–Kier alpha value is -0.550. The molecule has 2 saturated carbocycles. The summed E-state index contributed by atoms with van der Waals surface area (Å²) in [6.45, 7) is 2.20. The van der Waals surface area contributed by atoms with Crippen LogP contribution in [0.3, 0.4) is 0 Å². The fraction of sp³-hybridized carbons (Fsp3) is 0.941. The van der Waals surface area contributed by atoms with Gasteiger partial charge in [0.25, 0.3) is 0 Å². The summed E-state index contributed by atoms with van der Waals surface area (Å²) in [5.74, 6) is 1.85. The van der Waals surface area contributed by atoms with Crippen molar-refractivity contribution in [3.63, 3.8) is 0 Å². The number of rotatable bonds is 5. The molecule has 2 fully saturated rings. The minimum atomic E-state index is 0.416. The van der Waals surface area contributed by atoms with Crippen molar-refractivity contribution in [2.75, 3.05) is 0 Å². The second-order valence-electron chi connectivity index (χ2n) is 6.59. The molecule has 19 heavy (non-hydrogen) atoms. The summed E-state index contributed by atoms with van der Waals surface area (Å²) in [7, 11) is 0. The molecule has 0 amide bonds. The molecule has 0 spiro atoms. The molecular formula is C17H30N2. The molecule has 2 rings (SSSR count). The lowest BCUT2D eigenvalue weighted by molar-refractivity contribution is 0.141. The molecule has 3 unspecified atom stereocenters. The maximum Gasteiger partial charge on any atom is 0.0638 e. The van der Waals surface area contributed by atoms with Gasteiger partial charge in [0.15, 0.2) is 0 Å². The van der Waals surface area contributed by atoms with Crippen LogP contribution < -0.4 is 5.32 Å². The van der Waals surface area contributed by atoms with Crippen LogP contribution in [-0.2, 0) is 0 Å². The Balaban J connectivity index is 1.92. The van der Waals surface area contributed by atoms with Gasteiger partial charge < -0.3 is 5.32 Å². The number of nitrogens with zero attached hydrogens (tertiary/aromatic N) is 1. The van der Waals surface area contributed by atoms with Crippen molar-refractivity contribution in [2.45, 2.75) is 89.6 Å². The van der Waals surface area contributed by atoms with Crippen LogP contribution in [0.2, 0.25) is 0 Å². The van der Waals surface area contributed by atoms with Crippen molar-refractivity contribution in [3.8, 4) is 6.07 Å². The van der Waals surface area contributed by atoms with Crippen LogP contribution in [0.4, 0.5) is 0 Å². The molecule has 108 valence electrons. The van der Waals surface area contributed by atoms with Crippen molar-refractivity contribution >= 4 is 0 Å². The maximum absolute atomic E-state index is 8.92. The van der Waals surface area contributed by atoms with Gasteiger partial charge >= 0.3 is 0 Å². The highest BCUT2D eigenvalue weighted by Crippen LogP contribution is 2.38. The summed E-state index contributed by atoms with van der Waals surface area (Å²) in [5, 5.41) is 12.8. The molecule has 0 aromatic heterocycles. The van der Waals surface area contributed by atoms with E-state index < -0.39 is 0 Å². The van der Waals surface area contributed by atoms with Gasteiger partial charge in [0, 0.05) is 12.1 Å². The third kappa shape index (κ3) is 4.21. The largest absolute Gasteiger partial charge is 0.310 e. The second-order valence-corrected chi connectivity index (χ2v) is 6.59. The third-order valence-electron chi connectivity index (χ3n) is 5.36. The Morgan fingerprint density at radius 1 is 1.05 bits per heavy atom. The summed E-state index contributed by atoms with van der Waals surface area (Å²) in [5.41, 5.74) is 0. The first kappa shape index (κ1) is 14.9. The van der Waals surface area contributed by atoms with Crippen molar-refractivity contribution < 1.29 is 0 Å². The zero-order chi connectivity index (χ0) is 13.5. The molecule has 2 heteroatoms. The van der Waals surface area contributed by atoms with E-state index in [1.807, 2.05) is 0 Å². The molecule has 2 aliphatic rings. The van der Waals surface area contributed by atoms with Crippen LogP contribution >= 0.6 is 0 Å². The van der Waals surface area contributed by atoms with Gasteiger partial charge in [-0.05, 0) is 31.1 Å². The van der Waals surface area contributed by atoms with Gasteiger partial charge in [0.05, 0.1) is 12.5 Å². The average molecular weight is 262 g/mol. The smallest absolute Gasteiger partial charge is 0.0638 e. The molecule has 0 bridgehead atoms. The maximum atomic E-state index is 8.92. The lowest BCUT2D eigenvalue weighted by Crippen LogP contribution is -2.46. The first-order chi connectivity index (χ1) is 9.35. The Labute approximate surface area is 119 Å². The molecule has 2 nitrogen and oxygen atoms in total. The predicted octanol–water partition coefficient (Wildman–Crippen LogP) is 4.41. The van der Waals surface area contributed by atoms with Gasteiger partial charge in [-0.1, -0.05) is 51.9 Å². The van der Waals surface area contributed by atoms with Crippen LogP contribution in [0, 0.1) is 23.2 Å². The van der Waals surface area contributed by atoms with E-state index in [9.17, 15) is 0 Å². The Bertz CT molecular complexity index is 288. The normalized spacial score (nSPS) is 30.7. The fourth-order valence-corrected chi connectivity index (χ4v) is 4.23. The molecule has 0 aliphatic heterocycles. The van der Waals surface area contributed by atoms with E-state index in [0.29, 0.717) is 18.5 Å². The average Bonchev–Trinajstić information content (AvgIpc) is 2.48. The summed E-state index contributed by atoms with van der Waals surface area (Å²) >= 11 is 0. The topological polar surface area (TPSA) is 35.8 Å². The van der Waals surface area contributed by atoms with Crippen LogP contribution in [0.1, 0.15) is 77.6 Å². The molecule has 3 atom stereocenters. The van der Waals surface area contributed by atoms with Crippen molar-refractivity contribution in [2.24, 2.45) is 11.8 Å². The van der Waals surface area contributed by atoms with Crippen molar-refractivity contribution in [1.82, 2.24) is 5.32 Å². The zero-order valence-corrected chi connectivity index (χ0v) is 12.5. The van der Waals surface area contributed by atoms with Crippen LogP contribution in [0.15, 0.2) is 0 Å². The Morgan fingerprint density at radius 2 is 1.74 bits per heavy atom. The van der Waals surface area contributed by atoms with Gasteiger partial charge in [-0.15, -0.1) is 0 Å². The van der Waals surface area contributed by atoms with E-state index in [-0.39, 0.29) is 0 Å². The highest BCUT2D eigenvalue weighted by atomic mass is 15.0. The van der Waals surface area contributed by atoms with Gasteiger partial charge in [0.1, 0.15) is 0 Å². The fourth-order valence-electron chi connectivity index (χ4n) is 4.23. The van der Waals surface area contributed by atoms with E-state index in [2.05, 4.69) is 18.3 Å². The monoisotopic (exact) mass is 262 g/mol. The summed E-state index contributed by atoms with van der Waals surface area (Å²) in [4.78, 5) is 0. The molecule has 0 aromatic carbocycles. The van der Waals surface area contributed by atoms with E-state index in [0.717, 1.165) is 18.3 Å². The molecule has 0 saturated heterocycles. The summed E-state index contributed by atoms with van der Waals surface area (Å²) in [6.07, 6.45) is 14.6. The molecule has 0 aromatic rings. The number of hydrogen-bond acceptors (Lipinski definition) is 2. The number of nitriles is 1. The molecule has 1 N–H and O–H groups in total. The van der Waals surface area contributed by atoms with Gasteiger partial charge in [-0.3, -0.25) is 0 Å². The summed E-state index contributed by atoms with van der Waals surface area (Å²) < 4.78 is 0. The lowest BCUT2D eigenvalue weighted by atomic mass is 9.70. The molecule has 0 heterocycles. The van der Waals surface area contributed by atoms with E-state index >= 15 is 0 Å². The van der Waals surface area contributed by atoms with Crippen LogP contribution in [0.5, 0.6) is 0 Å². The highest BCUT2D eigenvalue weighted by Gasteiger charge is 2.33. The van der Waals surface area contributed by atoms with Crippen LogP contribution in [0.25, 0.3) is 0 Å². The highest BCUT2D eigenvalue weighted by molar-refractivity contribution is 4.90. The Morgan fingerprint density at radius 3 is 2.42 bits per heavy atom.